The van der Waals surface area contributed by atoms with Crippen molar-refractivity contribution in [2.45, 2.75) is 25.0 Å². The Morgan fingerprint density at radius 1 is 1.09 bits per heavy atom. The molecular formula is C24H25N5O3. The molecule has 32 heavy (non-hydrogen) atoms. The summed E-state index contributed by atoms with van der Waals surface area (Å²) in [4.78, 5) is 34.5. The zero-order valence-corrected chi connectivity index (χ0v) is 17.5. The molecule has 4 atom stereocenters. The van der Waals surface area contributed by atoms with Gasteiger partial charge in [-0.2, -0.15) is 0 Å². The van der Waals surface area contributed by atoms with Gasteiger partial charge in [0, 0.05) is 67.7 Å². The number of carbonyl (C=O) groups is 1. The number of fused-ring (bicyclic) bond motifs is 4. The van der Waals surface area contributed by atoms with Gasteiger partial charge >= 0.3 is 0 Å². The Labute approximate surface area is 185 Å². The zero-order chi connectivity index (χ0) is 22.1. The second-order valence-electron chi connectivity index (χ2n) is 8.34. The van der Waals surface area contributed by atoms with E-state index in [0.717, 1.165) is 16.8 Å². The van der Waals surface area contributed by atoms with Crippen LogP contribution in [0.5, 0.6) is 0 Å². The fraction of sp³-hybridized carbons (Fsp3) is 0.333. The molecule has 0 aliphatic carbocycles. The van der Waals surface area contributed by atoms with E-state index in [1.807, 2.05) is 36.4 Å². The third kappa shape index (κ3) is 3.61. The summed E-state index contributed by atoms with van der Waals surface area (Å²) in [5.74, 6) is -0.802. The number of hydrogen-bond acceptors (Lipinski definition) is 6. The fourth-order valence-corrected chi connectivity index (χ4v) is 5.00. The summed E-state index contributed by atoms with van der Waals surface area (Å²) < 4.78 is 1.76. The average Bonchev–Trinajstić information content (AvgIpc) is 3.13. The molecule has 0 radical (unpaired) electrons. The smallest absolute Gasteiger partial charge is 0.258 e. The van der Waals surface area contributed by atoms with Crippen molar-refractivity contribution in [1.29, 1.82) is 0 Å². The highest BCUT2D eigenvalue weighted by Gasteiger charge is 2.50. The van der Waals surface area contributed by atoms with Crippen molar-refractivity contribution in [2.75, 3.05) is 13.2 Å². The summed E-state index contributed by atoms with van der Waals surface area (Å²) in [5.41, 5.74) is 3.23. The summed E-state index contributed by atoms with van der Waals surface area (Å²) in [5, 5.41) is 16.6. The Morgan fingerprint density at radius 2 is 1.81 bits per heavy atom. The maximum absolute atomic E-state index is 13.3. The first kappa shape index (κ1) is 20.5. The first-order valence-corrected chi connectivity index (χ1v) is 10.8. The van der Waals surface area contributed by atoms with Crippen molar-refractivity contribution in [1.82, 2.24) is 25.2 Å². The molecule has 3 aromatic heterocycles. The van der Waals surface area contributed by atoms with Gasteiger partial charge in [0.2, 0.25) is 5.91 Å². The van der Waals surface area contributed by atoms with Crippen LogP contribution in [-0.2, 0) is 17.8 Å². The van der Waals surface area contributed by atoms with Gasteiger partial charge in [0.05, 0.1) is 12.0 Å². The fourth-order valence-electron chi connectivity index (χ4n) is 5.00. The van der Waals surface area contributed by atoms with Gasteiger partial charge in [0.15, 0.2) is 0 Å². The topological polar surface area (TPSA) is 109 Å². The van der Waals surface area contributed by atoms with E-state index >= 15 is 0 Å². The average molecular weight is 431 g/mol. The Morgan fingerprint density at radius 3 is 2.53 bits per heavy atom. The summed E-state index contributed by atoms with van der Waals surface area (Å²) in [6, 6.07) is 10.8. The van der Waals surface area contributed by atoms with Gasteiger partial charge in [-0.3, -0.25) is 19.6 Å². The third-order valence-corrected chi connectivity index (χ3v) is 6.60. The predicted molar refractivity (Wildman–Crippen MR) is 119 cm³/mol. The number of nitrogens with zero attached hydrogens (tertiary/aromatic N) is 3. The third-order valence-electron chi connectivity index (χ3n) is 6.60. The van der Waals surface area contributed by atoms with E-state index in [0.29, 0.717) is 25.1 Å². The molecule has 164 valence electrons. The summed E-state index contributed by atoms with van der Waals surface area (Å²) in [6.07, 6.45) is 7.50. The normalized spacial score (nSPS) is 23.5. The molecule has 1 fully saturated rings. The Balaban J connectivity index is 1.40. The van der Waals surface area contributed by atoms with Crippen molar-refractivity contribution < 1.29 is 9.90 Å². The van der Waals surface area contributed by atoms with Crippen LogP contribution in [0.25, 0.3) is 11.1 Å². The van der Waals surface area contributed by atoms with Crippen LogP contribution in [0.2, 0.25) is 0 Å². The van der Waals surface area contributed by atoms with Crippen molar-refractivity contribution in [3.05, 3.63) is 82.8 Å². The van der Waals surface area contributed by atoms with Crippen molar-refractivity contribution in [3.63, 3.8) is 0 Å². The number of rotatable bonds is 6. The second kappa shape index (κ2) is 8.64. The van der Waals surface area contributed by atoms with Gasteiger partial charge in [0.25, 0.3) is 5.56 Å². The van der Waals surface area contributed by atoms with Gasteiger partial charge in [-0.05, 0) is 53.9 Å². The molecule has 0 spiro atoms. The number of aliphatic hydroxyl groups excluding tert-OH is 1. The number of hydrogen-bond donors (Lipinski definition) is 3. The first-order chi connectivity index (χ1) is 15.7. The quantitative estimate of drug-likeness (QED) is 0.536. The van der Waals surface area contributed by atoms with E-state index in [1.165, 1.54) is 0 Å². The molecule has 2 bridgehead atoms. The lowest BCUT2D eigenvalue weighted by atomic mass is 9.86. The van der Waals surface area contributed by atoms with Gasteiger partial charge in [-0.15, -0.1) is 0 Å². The van der Waals surface area contributed by atoms with Gasteiger partial charge in [-0.1, -0.05) is 0 Å². The van der Waals surface area contributed by atoms with Crippen LogP contribution in [0.3, 0.4) is 0 Å². The molecule has 1 saturated heterocycles. The van der Waals surface area contributed by atoms with Crippen LogP contribution in [0, 0.1) is 11.8 Å². The first-order valence-electron chi connectivity index (χ1n) is 10.8. The molecule has 0 saturated carbocycles. The Hall–Kier alpha value is -3.36. The lowest BCUT2D eigenvalue weighted by Crippen LogP contribution is -2.43. The number of pyridine rings is 3. The molecule has 3 aromatic rings. The lowest BCUT2D eigenvalue weighted by Gasteiger charge is -2.28. The van der Waals surface area contributed by atoms with E-state index in [4.69, 9.17) is 0 Å². The van der Waals surface area contributed by atoms with Crippen LogP contribution in [0.4, 0.5) is 0 Å². The zero-order valence-electron chi connectivity index (χ0n) is 17.5. The van der Waals surface area contributed by atoms with E-state index in [9.17, 15) is 14.7 Å². The molecule has 5 rings (SSSR count). The van der Waals surface area contributed by atoms with Crippen molar-refractivity contribution in [2.24, 2.45) is 11.8 Å². The largest absolute Gasteiger partial charge is 0.396 e. The molecule has 1 amide bonds. The minimum atomic E-state index is -0.442. The van der Waals surface area contributed by atoms with Crippen molar-refractivity contribution in [3.8, 4) is 11.1 Å². The van der Waals surface area contributed by atoms with E-state index in [-0.39, 0.29) is 36.1 Å². The standard InChI is InChI=1S/C24H25N5O3/c30-14-18-19-13-29-20(2-1-17(24(29)32)16-6-10-26-11-7-16)22(28-19)21(18)23(31)27-12-5-15-3-8-25-9-4-15/h1-4,6-11,18-19,21-22,28,30H,5,12-14H2,(H,27,31)/t18-,19-,21+,22+/m0/s1. The number of carbonyl (C=O) groups excluding carboxylic acids is 1. The van der Waals surface area contributed by atoms with Gasteiger partial charge in [-0.25, -0.2) is 0 Å². The molecule has 2 aliphatic rings. The molecule has 0 aromatic carbocycles. The number of nitrogens with one attached hydrogen (secondary N) is 2. The molecule has 5 heterocycles. The number of aliphatic hydroxyl groups is 1. The van der Waals surface area contributed by atoms with Crippen LogP contribution in [0.15, 0.2) is 66.0 Å². The summed E-state index contributed by atoms with van der Waals surface area (Å²) >= 11 is 0. The van der Waals surface area contributed by atoms with Crippen LogP contribution >= 0.6 is 0 Å². The van der Waals surface area contributed by atoms with Crippen molar-refractivity contribution >= 4 is 5.91 Å². The minimum absolute atomic E-state index is 0.0827. The molecule has 8 heteroatoms. The highest BCUT2D eigenvalue weighted by Crippen LogP contribution is 2.41. The SMILES string of the molecule is O=C(NCCc1ccncc1)[C@@H]1[C@@H](CO)[C@@H]2Cn3c(ccc(-c4ccncc4)c3=O)[C@H]1N2. The Bertz CT molecular complexity index is 1170. The van der Waals surface area contributed by atoms with Crippen LogP contribution < -0.4 is 16.2 Å². The highest BCUT2D eigenvalue weighted by molar-refractivity contribution is 5.80. The van der Waals surface area contributed by atoms with E-state index in [1.54, 1.807) is 29.4 Å². The number of aromatic nitrogens is 3. The van der Waals surface area contributed by atoms with E-state index < -0.39 is 5.92 Å². The monoisotopic (exact) mass is 431 g/mol. The summed E-state index contributed by atoms with van der Waals surface area (Å²) in [7, 11) is 0. The molecule has 2 aliphatic heterocycles. The number of amides is 1. The Kier molecular flexibility index (Phi) is 5.55. The highest BCUT2D eigenvalue weighted by atomic mass is 16.3. The van der Waals surface area contributed by atoms with Crippen LogP contribution in [-0.4, -0.2) is 44.7 Å². The van der Waals surface area contributed by atoms with Gasteiger partial charge < -0.3 is 20.3 Å². The maximum atomic E-state index is 13.3. The predicted octanol–water partition coefficient (Wildman–Crippen LogP) is 0.915. The molecule has 3 N–H and O–H groups in total. The molecular weight excluding hydrogens is 406 g/mol. The maximum Gasteiger partial charge on any atom is 0.258 e. The molecule has 8 nitrogen and oxygen atoms in total. The second-order valence-corrected chi connectivity index (χ2v) is 8.34. The van der Waals surface area contributed by atoms with Gasteiger partial charge in [0.1, 0.15) is 0 Å². The lowest BCUT2D eigenvalue weighted by molar-refractivity contribution is -0.127. The summed E-state index contributed by atoms with van der Waals surface area (Å²) in [6.45, 7) is 0.814. The van der Waals surface area contributed by atoms with E-state index in [2.05, 4.69) is 20.6 Å². The van der Waals surface area contributed by atoms with Crippen LogP contribution in [0.1, 0.15) is 17.3 Å². The minimum Gasteiger partial charge on any atom is -0.396 e. The molecule has 0 unspecified atom stereocenters.